The number of benzene rings is 2. The average molecular weight is 372 g/mol. The van der Waals surface area contributed by atoms with Crippen LogP contribution >= 0.6 is 0 Å². The molecule has 0 aliphatic carbocycles. The van der Waals surface area contributed by atoms with E-state index >= 15 is 0 Å². The molecule has 27 heavy (non-hydrogen) atoms. The minimum absolute atomic E-state index is 0.166. The fourth-order valence-corrected chi connectivity index (χ4v) is 3.26. The summed E-state index contributed by atoms with van der Waals surface area (Å²) >= 11 is 0. The Morgan fingerprint density at radius 2 is 2.11 bits per heavy atom. The lowest BCUT2D eigenvalue weighted by atomic mass is 9.95. The summed E-state index contributed by atoms with van der Waals surface area (Å²) in [5.74, 6) is 0.517. The number of aliphatic hydroxyl groups is 1. The predicted octanol–water partition coefficient (Wildman–Crippen LogP) is 4.28. The summed E-state index contributed by atoms with van der Waals surface area (Å²) in [7, 11) is 0. The molecule has 2 atom stereocenters. The molecule has 1 fully saturated rings. The highest BCUT2D eigenvalue weighted by atomic mass is 19.1. The van der Waals surface area contributed by atoms with Crippen LogP contribution in [0.5, 0.6) is 5.75 Å². The van der Waals surface area contributed by atoms with E-state index < -0.39 is 12.4 Å². The van der Waals surface area contributed by atoms with Gasteiger partial charge in [0.2, 0.25) is 0 Å². The quantitative estimate of drug-likeness (QED) is 0.788. The lowest BCUT2D eigenvalue weighted by Gasteiger charge is -2.27. The monoisotopic (exact) mass is 372 g/mol. The molecule has 1 heterocycles. The van der Waals surface area contributed by atoms with Crippen LogP contribution in [0.1, 0.15) is 38.2 Å². The zero-order chi connectivity index (χ0) is 19.2. The molecule has 5 heteroatoms. The molecule has 1 aliphatic rings. The second kappa shape index (κ2) is 9.11. The molecule has 0 bridgehead atoms. The highest BCUT2D eigenvalue weighted by molar-refractivity contribution is 5.75. The molecule has 2 unspecified atom stereocenters. The van der Waals surface area contributed by atoms with Gasteiger partial charge in [0, 0.05) is 12.8 Å². The molecule has 1 saturated heterocycles. The maximum Gasteiger partial charge on any atom is 0.200 e. The van der Waals surface area contributed by atoms with Crippen LogP contribution in [0.2, 0.25) is 0 Å². The third-order valence-electron chi connectivity index (χ3n) is 4.67. The van der Waals surface area contributed by atoms with Gasteiger partial charge in [0.15, 0.2) is 6.29 Å². The highest BCUT2D eigenvalue weighted by Crippen LogP contribution is 2.31. The van der Waals surface area contributed by atoms with Crippen molar-refractivity contribution in [1.29, 1.82) is 0 Å². The molecule has 4 nitrogen and oxygen atoms in total. The van der Waals surface area contributed by atoms with E-state index in [1.165, 1.54) is 12.1 Å². The zero-order valence-corrected chi connectivity index (χ0v) is 15.5. The number of aliphatic hydroxyl groups excluding tert-OH is 1. The van der Waals surface area contributed by atoms with Gasteiger partial charge in [-0.15, -0.1) is 0 Å². The molecule has 2 aromatic carbocycles. The largest absolute Gasteiger partial charge is 0.465 e. The van der Waals surface area contributed by atoms with Crippen molar-refractivity contribution in [2.24, 2.45) is 0 Å². The van der Waals surface area contributed by atoms with Crippen LogP contribution in [-0.2, 0) is 16.0 Å². The molecule has 0 aromatic heterocycles. The fourth-order valence-electron chi connectivity index (χ4n) is 3.26. The maximum atomic E-state index is 13.7. The smallest absolute Gasteiger partial charge is 0.200 e. The van der Waals surface area contributed by atoms with Crippen molar-refractivity contribution in [1.82, 2.24) is 0 Å². The number of rotatable bonds is 7. The van der Waals surface area contributed by atoms with E-state index in [2.05, 4.69) is 0 Å². The Labute approximate surface area is 158 Å². The van der Waals surface area contributed by atoms with E-state index in [0.29, 0.717) is 25.0 Å². The van der Waals surface area contributed by atoms with Crippen LogP contribution in [0, 0.1) is 5.82 Å². The van der Waals surface area contributed by atoms with Crippen LogP contribution in [0.25, 0.3) is 11.1 Å². The molecule has 0 spiro atoms. The number of aryl methyl sites for hydroxylation is 1. The first kappa shape index (κ1) is 19.5. The van der Waals surface area contributed by atoms with Gasteiger partial charge in [-0.1, -0.05) is 18.2 Å². The molecular weight excluding hydrogens is 347 g/mol. The van der Waals surface area contributed by atoms with Crippen molar-refractivity contribution in [2.45, 2.75) is 51.4 Å². The average Bonchev–Trinajstić information content (AvgIpc) is 2.64. The molecule has 0 saturated carbocycles. The number of carbonyl (C=O) groups is 1. The van der Waals surface area contributed by atoms with Crippen LogP contribution in [0.3, 0.4) is 0 Å². The summed E-state index contributed by atoms with van der Waals surface area (Å²) in [6, 6.07) is 12.2. The van der Waals surface area contributed by atoms with Crippen molar-refractivity contribution in [3.8, 4) is 16.9 Å². The molecular formula is C22H25FO4. The minimum Gasteiger partial charge on any atom is -0.465 e. The first-order valence-corrected chi connectivity index (χ1v) is 9.36. The number of halogens is 1. The Morgan fingerprint density at radius 1 is 1.26 bits per heavy atom. The van der Waals surface area contributed by atoms with Crippen molar-refractivity contribution in [3.05, 3.63) is 53.8 Å². The van der Waals surface area contributed by atoms with Gasteiger partial charge in [0.25, 0.3) is 0 Å². The fraction of sp³-hybridized carbons (Fsp3) is 0.409. The van der Waals surface area contributed by atoms with E-state index in [1.807, 2.05) is 24.3 Å². The molecule has 1 N–H and O–H groups in total. The second-order valence-corrected chi connectivity index (χ2v) is 7.00. The maximum absolute atomic E-state index is 13.7. The standard InChI is InChI=1S/C22H25FO4/c1-15(24)4-2-5-16-8-10-20(27-22-11-9-19(25)14-26-22)13-21(16)17-6-3-7-18(23)12-17/h3,6-8,10,12-13,19,22,25H,2,4-5,9,11,14H2,1H3. The van der Waals surface area contributed by atoms with Crippen LogP contribution in [0.4, 0.5) is 4.39 Å². The predicted molar refractivity (Wildman–Crippen MR) is 101 cm³/mol. The first-order chi connectivity index (χ1) is 13.0. The van der Waals surface area contributed by atoms with Crippen molar-refractivity contribution in [2.75, 3.05) is 6.61 Å². The number of Topliss-reactive ketones (excluding diaryl/α,β-unsaturated/α-hetero) is 1. The molecule has 144 valence electrons. The van der Waals surface area contributed by atoms with Gasteiger partial charge < -0.3 is 19.4 Å². The van der Waals surface area contributed by atoms with Gasteiger partial charge in [0.1, 0.15) is 17.3 Å². The summed E-state index contributed by atoms with van der Waals surface area (Å²) in [5.41, 5.74) is 2.72. The molecule has 3 rings (SSSR count). The van der Waals surface area contributed by atoms with Crippen LogP contribution in [0.15, 0.2) is 42.5 Å². The number of hydrogen-bond donors (Lipinski definition) is 1. The Balaban J connectivity index is 1.82. The van der Waals surface area contributed by atoms with E-state index in [9.17, 15) is 14.3 Å². The number of carbonyl (C=O) groups excluding carboxylic acids is 1. The van der Waals surface area contributed by atoms with Gasteiger partial charge in [-0.05, 0) is 67.1 Å². The van der Waals surface area contributed by atoms with Crippen LogP contribution in [-0.4, -0.2) is 29.9 Å². The summed E-state index contributed by atoms with van der Waals surface area (Å²) in [5, 5.41) is 9.53. The van der Waals surface area contributed by atoms with Gasteiger partial charge in [0.05, 0.1) is 12.7 Å². The Hall–Kier alpha value is -2.24. The Kier molecular flexibility index (Phi) is 6.58. The lowest BCUT2D eigenvalue weighted by Crippen LogP contribution is -2.32. The second-order valence-electron chi connectivity index (χ2n) is 7.00. The normalized spacial score (nSPS) is 19.7. The molecule has 1 aliphatic heterocycles. The Morgan fingerprint density at radius 3 is 2.81 bits per heavy atom. The van der Waals surface area contributed by atoms with Gasteiger partial charge >= 0.3 is 0 Å². The number of ketones is 1. The topological polar surface area (TPSA) is 55.8 Å². The summed E-state index contributed by atoms with van der Waals surface area (Å²) in [6.45, 7) is 1.86. The lowest BCUT2D eigenvalue weighted by molar-refractivity contribution is -0.141. The zero-order valence-electron chi connectivity index (χ0n) is 15.5. The Bertz CT molecular complexity index is 782. The van der Waals surface area contributed by atoms with Crippen molar-refractivity contribution in [3.63, 3.8) is 0 Å². The van der Waals surface area contributed by atoms with Gasteiger partial charge in [-0.2, -0.15) is 0 Å². The van der Waals surface area contributed by atoms with E-state index in [4.69, 9.17) is 9.47 Å². The highest BCUT2D eigenvalue weighted by Gasteiger charge is 2.21. The molecule has 0 amide bonds. The number of ether oxygens (including phenoxy) is 2. The van der Waals surface area contributed by atoms with Gasteiger partial charge in [-0.25, -0.2) is 4.39 Å². The van der Waals surface area contributed by atoms with E-state index in [1.54, 1.807) is 13.0 Å². The van der Waals surface area contributed by atoms with E-state index in [0.717, 1.165) is 29.5 Å². The third-order valence-corrected chi connectivity index (χ3v) is 4.67. The summed E-state index contributed by atoms with van der Waals surface area (Å²) in [4.78, 5) is 11.2. The van der Waals surface area contributed by atoms with E-state index in [-0.39, 0.29) is 18.2 Å². The summed E-state index contributed by atoms with van der Waals surface area (Å²) in [6.07, 6.45) is 2.45. The first-order valence-electron chi connectivity index (χ1n) is 9.36. The molecule has 0 radical (unpaired) electrons. The van der Waals surface area contributed by atoms with Crippen molar-refractivity contribution >= 4 is 5.78 Å². The molecule has 2 aromatic rings. The SMILES string of the molecule is CC(=O)CCCc1ccc(OC2CCC(O)CO2)cc1-c1cccc(F)c1. The van der Waals surface area contributed by atoms with Gasteiger partial charge in [-0.3, -0.25) is 0 Å². The third kappa shape index (κ3) is 5.62. The summed E-state index contributed by atoms with van der Waals surface area (Å²) < 4.78 is 25.2. The minimum atomic E-state index is -0.434. The van der Waals surface area contributed by atoms with Crippen LogP contribution < -0.4 is 4.74 Å². The number of hydrogen-bond acceptors (Lipinski definition) is 4. The van der Waals surface area contributed by atoms with Crippen molar-refractivity contribution < 1.29 is 23.8 Å².